The number of fused-ring (bicyclic) bond motifs is 1. The number of benzene rings is 1. The largest absolute Gasteiger partial charge is 0.340 e. The molecule has 0 saturated carbocycles. The van der Waals surface area contributed by atoms with E-state index in [-0.39, 0.29) is 35.5 Å². The lowest BCUT2D eigenvalue weighted by Gasteiger charge is -2.36. The lowest BCUT2D eigenvalue weighted by Crippen LogP contribution is -2.52. The molecule has 1 amide bonds. The summed E-state index contributed by atoms with van der Waals surface area (Å²) in [6.07, 6.45) is 1.68. The van der Waals surface area contributed by atoms with Crippen LogP contribution in [0.4, 0.5) is 0 Å². The van der Waals surface area contributed by atoms with Crippen LogP contribution in [0.25, 0.3) is 11.0 Å². The molecule has 2 aliphatic heterocycles. The van der Waals surface area contributed by atoms with Crippen molar-refractivity contribution in [1.29, 1.82) is 0 Å². The molecule has 2 fully saturated rings. The van der Waals surface area contributed by atoms with E-state index in [1.165, 1.54) is 16.4 Å². The highest BCUT2D eigenvalue weighted by Crippen LogP contribution is 2.22. The minimum atomic E-state index is -3.67. The Morgan fingerprint density at radius 2 is 1.67 bits per heavy atom. The number of nitrogens with one attached hydrogen (secondary N) is 3. The van der Waals surface area contributed by atoms with E-state index in [4.69, 9.17) is 0 Å². The van der Waals surface area contributed by atoms with Crippen LogP contribution in [0.3, 0.4) is 0 Å². The number of rotatable bonds is 3. The molecule has 0 aliphatic carbocycles. The predicted molar refractivity (Wildman–Crippen MR) is 99.9 cm³/mol. The fourth-order valence-electron chi connectivity index (χ4n) is 3.80. The molecular weight excluding hydrogens is 370 g/mol. The summed E-state index contributed by atoms with van der Waals surface area (Å²) in [5, 5.41) is 3.25. The van der Waals surface area contributed by atoms with Gasteiger partial charge in [-0.2, -0.15) is 4.31 Å². The van der Waals surface area contributed by atoms with Gasteiger partial charge in [0, 0.05) is 32.1 Å². The zero-order valence-corrected chi connectivity index (χ0v) is 15.7. The average molecular weight is 393 g/mol. The van der Waals surface area contributed by atoms with Gasteiger partial charge in [0.2, 0.25) is 15.9 Å². The highest BCUT2D eigenvalue weighted by Gasteiger charge is 2.33. The maximum Gasteiger partial charge on any atom is 0.323 e. The van der Waals surface area contributed by atoms with Gasteiger partial charge in [-0.1, -0.05) is 0 Å². The number of piperidine rings is 1. The lowest BCUT2D eigenvalue weighted by atomic mass is 9.96. The third-order valence-electron chi connectivity index (χ3n) is 5.36. The normalized spacial score (nSPS) is 20.2. The molecule has 1 aromatic heterocycles. The zero-order chi connectivity index (χ0) is 19.0. The van der Waals surface area contributed by atoms with E-state index < -0.39 is 10.0 Å². The van der Waals surface area contributed by atoms with E-state index in [2.05, 4.69) is 15.3 Å². The van der Waals surface area contributed by atoms with Crippen LogP contribution in [0.15, 0.2) is 27.9 Å². The Morgan fingerprint density at radius 1 is 1.00 bits per heavy atom. The van der Waals surface area contributed by atoms with Gasteiger partial charge in [0.05, 0.1) is 15.9 Å². The standard InChI is InChI=1S/C17H23N5O4S/c23-16(12-3-5-18-6-4-12)21-7-9-22(10-8-21)27(25,26)13-1-2-14-15(11-13)20-17(24)19-14/h1-2,11-12,18H,3-10H2,(H2,19,20,24). The van der Waals surface area contributed by atoms with E-state index in [9.17, 15) is 18.0 Å². The van der Waals surface area contributed by atoms with E-state index in [0.29, 0.717) is 24.1 Å². The van der Waals surface area contributed by atoms with E-state index in [1.54, 1.807) is 11.0 Å². The molecule has 3 heterocycles. The smallest absolute Gasteiger partial charge is 0.323 e. The predicted octanol–water partition coefficient (Wildman–Crippen LogP) is -0.311. The Bertz CT molecular complexity index is 998. The number of H-pyrrole nitrogens is 2. The number of carbonyl (C=O) groups excluding carboxylic acids is 1. The highest BCUT2D eigenvalue weighted by molar-refractivity contribution is 7.89. The summed E-state index contributed by atoms with van der Waals surface area (Å²) in [5.74, 6) is 0.182. The van der Waals surface area contributed by atoms with Gasteiger partial charge in [0.1, 0.15) is 0 Å². The first kappa shape index (κ1) is 18.2. The van der Waals surface area contributed by atoms with E-state index >= 15 is 0 Å². The van der Waals surface area contributed by atoms with Crippen molar-refractivity contribution in [3.63, 3.8) is 0 Å². The van der Waals surface area contributed by atoms with Crippen LogP contribution in [0.1, 0.15) is 12.8 Å². The number of piperazine rings is 1. The van der Waals surface area contributed by atoms with Gasteiger partial charge in [-0.15, -0.1) is 0 Å². The van der Waals surface area contributed by atoms with E-state index in [0.717, 1.165) is 25.9 Å². The molecule has 4 rings (SSSR count). The number of hydrogen-bond acceptors (Lipinski definition) is 5. The first-order valence-corrected chi connectivity index (χ1v) is 10.6. The topological polar surface area (TPSA) is 118 Å². The van der Waals surface area contributed by atoms with Crippen LogP contribution >= 0.6 is 0 Å². The third kappa shape index (κ3) is 3.52. The SMILES string of the molecule is O=C(C1CCNCC1)N1CCN(S(=O)(=O)c2ccc3[nH]c(=O)[nH]c3c2)CC1. The second-order valence-corrected chi connectivity index (χ2v) is 8.98. The number of aromatic nitrogens is 2. The molecule has 9 nitrogen and oxygen atoms in total. The van der Waals surface area contributed by atoms with Crippen molar-refractivity contribution in [3.05, 3.63) is 28.7 Å². The molecule has 1 aromatic carbocycles. The molecule has 0 radical (unpaired) electrons. The minimum absolute atomic E-state index is 0.0437. The summed E-state index contributed by atoms with van der Waals surface area (Å²) in [4.78, 5) is 31.1. The van der Waals surface area contributed by atoms with Crippen molar-refractivity contribution in [2.24, 2.45) is 5.92 Å². The summed E-state index contributed by atoms with van der Waals surface area (Å²) >= 11 is 0. The molecule has 27 heavy (non-hydrogen) atoms. The Balaban J connectivity index is 1.45. The van der Waals surface area contributed by atoms with Crippen LogP contribution in [-0.2, 0) is 14.8 Å². The fraction of sp³-hybridized carbons (Fsp3) is 0.529. The van der Waals surface area contributed by atoms with Crippen molar-refractivity contribution in [1.82, 2.24) is 24.5 Å². The van der Waals surface area contributed by atoms with Crippen LogP contribution < -0.4 is 11.0 Å². The van der Waals surface area contributed by atoms with Crippen LogP contribution in [0.5, 0.6) is 0 Å². The van der Waals surface area contributed by atoms with Gasteiger partial charge in [0.15, 0.2) is 0 Å². The molecular formula is C17H23N5O4S. The Kier molecular flexibility index (Phi) is 4.79. The average Bonchev–Trinajstić information content (AvgIpc) is 3.07. The summed E-state index contributed by atoms with van der Waals surface area (Å²) in [5.41, 5.74) is 0.654. The number of nitrogens with zero attached hydrogens (tertiary/aromatic N) is 2. The summed E-state index contributed by atoms with van der Waals surface area (Å²) in [6.45, 7) is 3.08. The highest BCUT2D eigenvalue weighted by atomic mass is 32.2. The molecule has 3 N–H and O–H groups in total. The van der Waals surface area contributed by atoms with Crippen molar-refractivity contribution >= 4 is 27.0 Å². The number of amides is 1. The molecule has 0 spiro atoms. The van der Waals surface area contributed by atoms with Crippen molar-refractivity contribution < 1.29 is 13.2 Å². The number of aromatic amines is 2. The number of sulfonamides is 1. The number of hydrogen-bond donors (Lipinski definition) is 3. The maximum atomic E-state index is 12.9. The van der Waals surface area contributed by atoms with Gasteiger partial charge < -0.3 is 20.2 Å². The first-order chi connectivity index (χ1) is 12.9. The maximum absolute atomic E-state index is 12.9. The van der Waals surface area contributed by atoms with Gasteiger partial charge in [-0.05, 0) is 44.1 Å². The Hall–Kier alpha value is -2.17. The molecule has 10 heteroatoms. The Morgan fingerprint density at radius 3 is 2.37 bits per heavy atom. The van der Waals surface area contributed by atoms with Crippen molar-refractivity contribution in [2.45, 2.75) is 17.7 Å². The molecule has 0 bridgehead atoms. The molecule has 0 atom stereocenters. The van der Waals surface area contributed by atoms with E-state index in [1.807, 2.05) is 0 Å². The lowest BCUT2D eigenvalue weighted by molar-refractivity contribution is -0.137. The monoisotopic (exact) mass is 393 g/mol. The van der Waals surface area contributed by atoms with Crippen LogP contribution in [0, 0.1) is 5.92 Å². The number of carbonyl (C=O) groups is 1. The fourth-order valence-corrected chi connectivity index (χ4v) is 5.25. The summed E-state index contributed by atoms with van der Waals surface area (Å²) in [6, 6.07) is 4.54. The Labute approximate surface area is 156 Å². The zero-order valence-electron chi connectivity index (χ0n) is 14.9. The van der Waals surface area contributed by atoms with Gasteiger partial charge in [-0.3, -0.25) is 4.79 Å². The third-order valence-corrected chi connectivity index (χ3v) is 7.26. The van der Waals surface area contributed by atoms with Gasteiger partial charge >= 0.3 is 5.69 Å². The van der Waals surface area contributed by atoms with Crippen molar-refractivity contribution in [2.75, 3.05) is 39.3 Å². The first-order valence-electron chi connectivity index (χ1n) is 9.17. The quantitative estimate of drug-likeness (QED) is 0.661. The van der Waals surface area contributed by atoms with Gasteiger partial charge in [-0.25, -0.2) is 13.2 Å². The summed E-state index contributed by atoms with van der Waals surface area (Å²) in [7, 11) is -3.67. The van der Waals surface area contributed by atoms with Gasteiger partial charge in [0.25, 0.3) is 0 Å². The van der Waals surface area contributed by atoms with Crippen LogP contribution in [0.2, 0.25) is 0 Å². The second-order valence-electron chi connectivity index (χ2n) is 7.04. The molecule has 2 aliphatic rings. The molecule has 2 aromatic rings. The number of imidazole rings is 1. The van der Waals surface area contributed by atoms with Crippen LogP contribution in [-0.4, -0.2) is 72.8 Å². The molecule has 0 unspecified atom stereocenters. The second kappa shape index (κ2) is 7.10. The molecule has 2 saturated heterocycles. The molecule has 146 valence electrons. The summed E-state index contributed by atoms with van der Waals surface area (Å²) < 4.78 is 27.3. The minimum Gasteiger partial charge on any atom is -0.340 e. The van der Waals surface area contributed by atoms with Crippen molar-refractivity contribution in [3.8, 4) is 0 Å².